The van der Waals surface area contributed by atoms with E-state index < -0.39 is 13.7 Å². The fraction of sp³-hybridized carbons (Fsp3) is 0.636. The van der Waals surface area contributed by atoms with E-state index in [1.54, 1.807) is 0 Å². The molecule has 1 unspecified atom stereocenters. The zero-order valence-electron chi connectivity index (χ0n) is 11.2. The van der Waals surface area contributed by atoms with Gasteiger partial charge in [0.1, 0.15) is 6.16 Å². The summed E-state index contributed by atoms with van der Waals surface area (Å²) in [7, 11) is 4.36. The summed E-state index contributed by atoms with van der Waals surface area (Å²) in [5.41, 5.74) is 0.310. The van der Waals surface area contributed by atoms with E-state index in [0.717, 1.165) is 0 Å². The maximum absolute atomic E-state index is 11.0. The molecule has 5 nitrogen and oxygen atoms in total. The van der Waals surface area contributed by atoms with Crippen LogP contribution in [0.15, 0.2) is 12.2 Å². The summed E-state index contributed by atoms with van der Waals surface area (Å²) in [6, 6.07) is 0. The number of likely N-dealkylation sites (N-methyl/N-ethyl adjacent to an activating group) is 1. The van der Waals surface area contributed by atoms with Crippen molar-refractivity contribution in [3.63, 3.8) is 0 Å². The van der Waals surface area contributed by atoms with Crippen LogP contribution in [0.1, 0.15) is 13.8 Å². The van der Waals surface area contributed by atoms with Crippen LogP contribution in [0.5, 0.6) is 0 Å². The van der Waals surface area contributed by atoms with Crippen LogP contribution in [0.2, 0.25) is 0 Å². The van der Waals surface area contributed by atoms with E-state index in [-0.39, 0.29) is 11.1 Å². The van der Waals surface area contributed by atoms with Gasteiger partial charge in [-0.3, -0.25) is 0 Å². The fourth-order valence-corrected chi connectivity index (χ4v) is 1.63. The summed E-state index contributed by atoms with van der Waals surface area (Å²) < 4.78 is 0.618. The number of aliphatic hydroxyl groups is 1. The molecule has 0 aliphatic rings. The van der Waals surface area contributed by atoms with Crippen molar-refractivity contribution in [1.82, 2.24) is 0 Å². The summed E-state index contributed by atoms with van der Waals surface area (Å²) in [6.07, 6.45) is 0.529. The van der Waals surface area contributed by atoms with Crippen molar-refractivity contribution in [2.45, 2.75) is 13.8 Å². The molecule has 1 atom stereocenters. The van der Waals surface area contributed by atoms with Gasteiger partial charge in [0.15, 0.2) is 6.54 Å². The topological polar surface area (TPSA) is 80.6 Å². The van der Waals surface area contributed by atoms with Crippen molar-refractivity contribution in [3.8, 4) is 0 Å². The Kier molecular flexibility index (Phi) is 9.16. The SMILES string of the molecule is C=C(C)C(=O)O.CC/[P+]([O-])=C(\O)C[N+](C)(C)C. The van der Waals surface area contributed by atoms with Crippen LogP contribution < -0.4 is 4.89 Å². The molecule has 0 saturated heterocycles. The fourth-order valence-electron chi connectivity index (χ4n) is 0.686. The van der Waals surface area contributed by atoms with E-state index in [1.165, 1.54) is 6.92 Å². The van der Waals surface area contributed by atoms with Crippen LogP contribution >= 0.6 is 7.77 Å². The third-order valence-electron chi connectivity index (χ3n) is 1.56. The van der Waals surface area contributed by atoms with Crippen LogP contribution in [0.4, 0.5) is 0 Å². The van der Waals surface area contributed by atoms with Gasteiger partial charge in [-0.25, -0.2) is 4.79 Å². The van der Waals surface area contributed by atoms with Crippen molar-refractivity contribution >= 4 is 19.2 Å². The standard InChI is InChI=1S/C7H16NO2P.C4H6O2/c1-5-11(10)7(9)6-8(2,3)4;1-3(2)4(5)6/h5-6H2,1-4H3;1H2,2H3,(H,5,6)/p+1. The van der Waals surface area contributed by atoms with Crippen LogP contribution in [0.3, 0.4) is 0 Å². The number of nitrogens with zero attached hydrogens (tertiary/aromatic N) is 1. The Morgan fingerprint density at radius 3 is 1.88 bits per heavy atom. The summed E-state index contributed by atoms with van der Waals surface area (Å²) in [5.74, 6) is -0.935. The minimum absolute atomic E-state index is 0.134. The van der Waals surface area contributed by atoms with Gasteiger partial charge in [-0.2, -0.15) is 0 Å². The normalized spacial score (nSPS) is 12.2. The summed E-state index contributed by atoms with van der Waals surface area (Å²) in [4.78, 5) is 20.6. The van der Waals surface area contributed by atoms with Crippen LogP contribution in [-0.4, -0.2) is 60.0 Å². The van der Waals surface area contributed by atoms with Gasteiger partial charge >= 0.3 is 5.97 Å². The first kappa shape index (κ1) is 18.6. The molecule has 2 N–H and O–H groups in total. The smallest absolute Gasteiger partial charge is 0.330 e. The summed E-state index contributed by atoms with van der Waals surface area (Å²) in [5, 5.41) is 17.2. The number of carboxylic acids is 1. The average molecular weight is 264 g/mol. The van der Waals surface area contributed by atoms with E-state index in [9.17, 15) is 14.8 Å². The Hall–Kier alpha value is -0.740. The lowest BCUT2D eigenvalue weighted by molar-refractivity contribution is -0.861. The molecular formula is C11H23NO4P+. The first-order valence-corrected chi connectivity index (χ1v) is 6.64. The Labute approximate surface area is 104 Å². The number of quaternary nitrogens is 1. The first-order chi connectivity index (χ1) is 7.51. The Morgan fingerprint density at radius 2 is 1.71 bits per heavy atom. The largest absolute Gasteiger partial charge is 0.629 e. The molecule has 0 radical (unpaired) electrons. The summed E-state index contributed by atoms with van der Waals surface area (Å²) in [6.45, 7) is 6.89. The molecule has 0 aromatic heterocycles. The van der Waals surface area contributed by atoms with Gasteiger partial charge in [0.2, 0.25) is 0 Å². The lowest BCUT2D eigenvalue weighted by atomic mass is 10.4. The van der Waals surface area contributed by atoms with E-state index in [0.29, 0.717) is 17.2 Å². The molecule has 0 bridgehead atoms. The molecule has 0 aromatic carbocycles. The van der Waals surface area contributed by atoms with E-state index in [4.69, 9.17) is 5.11 Å². The molecule has 0 aliphatic heterocycles. The molecular weight excluding hydrogens is 241 g/mol. The highest BCUT2D eigenvalue weighted by Gasteiger charge is 2.15. The van der Waals surface area contributed by atoms with E-state index in [2.05, 4.69) is 6.58 Å². The summed E-state index contributed by atoms with van der Waals surface area (Å²) >= 11 is 0. The van der Waals surface area contributed by atoms with Gasteiger partial charge < -0.3 is 19.6 Å². The number of hydrogen-bond donors (Lipinski definition) is 2. The highest BCUT2D eigenvalue weighted by molar-refractivity contribution is 7.51. The third-order valence-corrected chi connectivity index (χ3v) is 2.85. The zero-order valence-corrected chi connectivity index (χ0v) is 12.1. The monoisotopic (exact) mass is 264 g/mol. The number of aliphatic carboxylic acids is 1. The number of carbonyl (C=O) groups is 1. The number of hydrogen-bond acceptors (Lipinski definition) is 2. The molecule has 0 aromatic rings. The second-order valence-electron chi connectivity index (χ2n) is 4.64. The molecule has 0 aliphatic carbocycles. The first-order valence-electron chi connectivity index (χ1n) is 5.20. The highest BCUT2D eigenvalue weighted by atomic mass is 31.1. The Balaban J connectivity index is 0. The predicted molar refractivity (Wildman–Crippen MR) is 69.8 cm³/mol. The maximum atomic E-state index is 11.0. The van der Waals surface area contributed by atoms with E-state index >= 15 is 0 Å². The predicted octanol–water partition coefficient (Wildman–Crippen LogP) is 0.619. The number of rotatable bonds is 4. The van der Waals surface area contributed by atoms with Crippen LogP contribution in [-0.2, 0) is 4.79 Å². The molecule has 17 heavy (non-hydrogen) atoms. The Morgan fingerprint density at radius 1 is 1.35 bits per heavy atom. The molecule has 0 amide bonds. The molecule has 0 heterocycles. The average Bonchev–Trinajstić information content (AvgIpc) is 2.14. The highest BCUT2D eigenvalue weighted by Crippen LogP contribution is 2.11. The quantitative estimate of drug-likeness (QED) is 0.443. The van der Waals surface area contributed by atoms with Crippen molar-refractivity contribution in [1.29, 1.82) is 0 Å². The number of aliphatic hydroxyl groups excluding tert-OH is 1. The van der Waals surface area contributed by atoms with Crippen molar-refractivity contribution < 1.29 is 24.4 Å². The van der Waals surface area contributed by atoms with Gasteiger partial charge in [-0.1, -0.05) is 6.58 Å². The van der Waals surface area contributed by atoms with Crippen molar-refractivity contribution in [2.24, 2.45) is 0 Å². The second-order valence-corrected chi connectivity index (χ2v) is 6.55. The van der Waals surface area contributed by atoms with Gasteiger partial charge in [-0.05, 0) is 13.8 Å². The molecule has 0 fully saturated rings. The molecule has 0 spiro atoms. The second kappa shape index (κ2) is 8.37. The van der Waals surface area contributed by atoms with Crippen LogP contribution in [0, 0.1) is 0 Å². The van der Waals surface area contributed by atoms with Gasteiger partial charge in [0, 0.05) is 5.57 Å². The molecule has 100 valence electrons. The van der Waals surface area contributed by atoms with Gasteiger partial charge in [0.05, 0.1) is 28.9 Å². The lowest BCUT2D eigenvalue weighted by Gasteiger charge is -2.21. The Bertz CT molecular complexity index is 293. The molecule has 0 rings (SSSR count). The third kappa shape index (κ3) is 13.2. The number of carboxylic acid groups (broad SMARTS) is 1. The zero-order chi connectivity index (χ0) is 14.2. The molecule has 0 saturated carbocycles. The van der Waals surface area contributed by atoms with Crippen LogP contribution in [0.25, 0.3) is 0 Å². The lowest BCUT2D eigenvalue weighted by Crippen LogP contribution is -2.39. The van der Waals surface area contributed by atoms with Gasteiger partial charge in [-0.15, -0.1) is 0 Å². The van der Waals surface area contributed by atoms with Crippen molar-refractivity contribution in [3.05, 3.63) is 12.2 Å². The van der Waals surface area contributed by atoms with E-state index in [1.807, 2.05) is 28.1 Å². The van der Waals surface area contributed by atoms with Crippen molar-refractivity contribution in [2.75, 3.05) is 33.8 Å². The minimum Gasteiger partial charge on any atom is -0.629 e. The minimum atomic E-state index is -1.50. The maximum Gasteiger partial charge on any atom is 0.330 e. The molecule has 6 heteroatoms. The van der Waals surface area contributed by atoms with Gasteiger partial charge in [0.25, 0.3) is 5.48 Å².